The van der Waals surface area contributed by atoms with Crippen molar-refractivity contribution in [1.29, 1.82) is 0 Å². The first-order chi connectivity index (χ1) is 7.70. The van der Waals surface area contributed by atoms with Gasteiger partial charge in [0.05, 0.1) is 6.61 Å². The van der Waals surface area contributed by atoms with Crippen molar-refractivity contribution in [2.45, 2.75) is 26.3 Å². The lowest BCUT2D eigenvalue weighted by atomic mass is 10.3. The van der Waals surface area contributed by atoms with Crippen molar-refractivity contribution in [2.24, 2.45) is 0 Å². The summed E-state index contributed by atoms with van der Waals surface area (Å²) in [6.07, 6.45) is 2.80. The summed E-state index contributed by atoms with van der Waals surface area (Å²) in [4.78, 5) is 6.51. The molecule has 3 nitrogen and oxygen atoms in total. The predicted octanol–water partition coefficient (Wildman–Crippen LogP) is 3.09. The van der Waals surface area contributed by atoms with Crippen LogP contribution in [0, 0.1) is 0 Å². The molecule has 0 saturated heterocycles. The van der Waals surface area contributed by atoms with Gasteiger partial charge in [-0.1, -0.05) is 22.9 Å². The van der Waals surface area contributed by atoms with Gasteiger partial charge in [-0.3, -0.25) is 0 Å². The van der Waals surface area contributed by atoms with Crippen molar-refractivity contribution in [1.82, 2.24) is 4.98 Å². The maximum Gasteiger partial charge on any atom is 0.171 e. The summed E-state index contributed by atoms with van der Waals surface area (Å²) in [6.45, 7) is 4.98. The topological polar surface area (TPSA) is 25.4 Å². The molecule has 1 unspecified atom stereocenters. The fraction of sp³-hybridized carbons (Fsp3) is 0.583. The van der Waals surface area contributed by atoms with Gasteiger partial charge in [-0.15, -0.1) is 0 Å². The Bertz CT molecular complexity index is 320. The Balaban J connectivity index is 2.84. The average Bonchev–Trinajstić information content (AvgIpc) is 2.34. The van der Waals surface area contributed by atoms with Crippen molar-refractivity contribution in [3.05, 3.63) is 18.3 Å². The van der Waals surface area contributed by atoms with Gasteiger partial charge < -0.3 is 9.64 Å². The zero-order chi connectivity index (χ0) is 12.0. The number of nitrogens with zero attached hydrogens (tertiary/aromatic N) is 2. The number of pyridine rings is 1. The van der Waals surface area contributed by atoms with Gasteiger partial charge in [0.15, 0.2) is 11.6 Å². The zero-order valence-electron chi connectivity index (χ0n) is 10.1. The van der Waals surface area contributed by atoms with E-state index in [2.05, 4.69) is 39.7 Å². The molecule has 1 rings (SSSR count). The molecule has 0 amide bonds. The molecule has 0 fully saturated rings. The predicted molar refractivity (Wildman–Crippen MR) is 71.7 cm³/mol. The third-order valence-electron chi connectivity index (χ3n) is 2.43. The van der Waals surface area contributed by atoms with Crippen molar-refractivity contribution < 1.29 is 4.74 Å². The minimum absolute atomic E-state index is 0.388. The van der Waals surface area contributed by atoms with Crippen LogP contribution in [0.15, 0.2) is 18.3 Å². The second-order valence-electron chi connectivity index (χ2n) is 3.79. The van der Waals surface area contributed by atoms with Gasteiger partial charge in [0.1, 0.15) is 0 Å². The van der Waals surface area contributed by atoms with E-state index in [0.29, 0.717) is 6.04 Å². The van der Waals surface area contributed by atoms with Crippen LogP contribution in [0.3, 0.4) is 0 Å². The van der Waals surface area contributed by atoms with Crippen LogP contribution in [0.25, 0.3) is 0 Å². The second-order valence-corrected chi connectivity index (χ2v) is 4.44. The van der Waals surface area contributed by atoms with Crippen molar-refractivity contribution in [3.8, 4) is 5.75 Å². The lowest BCUT2D eigenvalue weighted by Crippen LogP contribution is -2.31. The SMILES string of the molecule is CCCOc1cccnc1N(C)C(C)CBr. The van der Waals surface area contributed by atoms with E-state index in [1.165, 1.54) is 0 Å². The smallest absolute Gasteiger partial charge is 0.171 e. The van der Waals surface area contributed by atoms with Crippen LogP contribution in [-0.4, -0.2) is 30.0 Å². The number of hydrogen-bond donors (Lipinski definition) is 0. The van der Waals surface area contributed by atoms with Crippen LogP contribution in [0.1, 0.15) is 20.3 Å². The standard InChI is InChI=1S/C12H19BrN2O/c1-4-8-16-11-6-5-7-14-12(11)15(3)10(2)9-13/h5-7,10H,4,8-9H2,1-3H3. The first-order valence-electron chi connectivity index (χ1n) is 5.57. The fourth-order valence-corrected chi connectivity index (χ4v) is 1.72. The van der Waals surface area contributed by atoms with Gasteiger partial charge in [0, 0.05) is 24.6 Å². The number of rotatable bonds is 6. The van der Waals surface area contributed by atoms with E-state index < -0.39 is 0 Å². The minimum atomic E-state index is 0.388. The Labute approximate surface area is 106 Å². The molecule has 1 aromatic heterocycles. The summed E-state index contributed by atoms with van der Waals surface area (Å²) in [7, 11) is 2.03. The Morgan fingerprint density at radius 1 is 1.56 bits per heavy atom. The van der Waals surface area contributed by atoms with Gasteiger partial charge in [-0.25, -0.2) is 4.98 Å². The maximum absolute atomic E-state index is 5.68. The van der Waals surface area contributed by atoms with Crippen LogP contribution >= 0.6 is 15.9 Å². The molecular weight excluding hydrogens is 268 g/mol. The van der Waals surface area contributed by atoms with E-state index in [0.717, 1.165) is 29.9 Å². The van der Waals surface area contributed by atoms with Crippen molar-refractivity contribution in [3.63, 3.8) is 0 Å². The number of halogens is 1. The molecule has 4 heteroatoms. The van der Waals surface area contributed by atoms with Gasteiger partial charge in [0.25, 0.3) is 0 Å². The molecule has 1 aromatic rings. The first kappa shape index (κ1) is 13.3. The summed E-state index contributed by atoms with van der Waals surface area (Å²) in [5.74, 6) is 1.77. The van der Waals surface area contributed by atoms with Crippen molar-refractivity contribution >= 4 is 21.7 Å². The molecular formula is C12H19BrN2O. The first-order valence-corrected chi connectivity index (χ1v) is 6.69. The fourth-order valence-electron chi connectivity index (χ4n) is 1.28. The van der Waals surface area contributed by atoms with E-state index in [-0.39, 0.29) is 0 Å². The lowest BCUT2D eigenvalue weighted by molar-refractivity contribution is 0.316. The molecule has 1 heterocycles. The quantitative estimate of drug-likeness (QED) is 0.752. The Morgan fingerprint density at radius 3 is 2.94 bits per heavy atom. The molecule has 90 valence electrons. The summed E-state index contributed by atoms with van der Waals surface area (Å²) >= 11 is 3.48. The van der Waals surface area contributed by atoms with E-state index >= 15 is 0 Å². The van der Waals surface area contributed by atoms with Crippen molar-refractivity contribution in [2.75, 3.05) is 23.9 Å². The van der Waals surface area contributed by atoms with Crippen LogP contribution in [0.4, 0.5) is 5.82 Å². The Hall–Kier alpha value is -0.770. The summed E-state index contributed by atoms with van der Waals surface area (Å²) < 4.78 is 5.68. The molecule has 0 bridgehead atoms. The third-order valence-corrected chi connectivity index (χ3v) is 3.37. The molecule has 0 spiro atoms. The number of alkyl halides is 1. The Morgan fingerprint density at radius 2 is 2.31 bits per heavy atom. The van der Waals surface area contributed by atoms with Gasteiger partial charge >= 0.3 is 0 Å². The molecule has 1 atom stereocenters. The monoisotopic (exact) mass is 286 g/mol. The van der Waals surface area contributed by atoms with Gasteiger partial charge in [-0.2, -0.15) is 0 Å². The molecule has 0 N–H and O–H groups in total. The highest BCUT2D eigenvalue weighted by Crippen LogP contribution is 2.26. The molecule has 0 radical (unpaired) electrons. The molecule has 0 aliphatic carbocycles. The lowest BCUT2D eigenvalue weighted by Gasteiger charge is -2.26. The number of ether oxygens (including phenoxy) is 1. The third kappa shape index (κ3) is 3.37. The highest BCUT2D eigenvalue weighted by atomic mass is 79.9. The maximum atomic E-state index is 5.68. The molecule has 0 aromatic carbocycles. The number of aromatic nitrogens is 1. The highest BCUT2D eigenvalue weighted by Gasteiger charge is 2.14. The zero-order valence-corrected chi connectivity index (χ0v) is 11.7. The Kier molecular flexibility index (Phi) is 5.60. The number of anilines is 1. The summed E-state index contributed by atoms with van der Waals surface area (Å²) in [6, 6.07) is 4.26. The molecule has 0 aliphatic rings. The van der Waals surface area contributed by atoms with E-state index in [1.54, 1.807) is 6.20 Å². The summed E-state index contributed by atoms with van der Waals surface area (Å²) in [5.41, 5.74) is 0. The normalized spacial score (nSPS) is 12.2. The molecule has 0 aliphatic heterocycles. The van der Waals surface area contributed by atoms with E-state index in [1.807, 2.05) is 19.2 Å². The van der Waals surface area contributed by atoms with E-state index in [4.69, 9.17) is 4.74 Å². The van der Waals surface area contributed by atoms with Crippen LogP contribution in [0.2, 0.25) is 0 Å². The largest absolute Gasteiger partial charge is 0.490 e. The molecule has 16 heavy (non-hydrogen) atoms. The van der Waals surface area contributed by atoms with Crippen LogP contribution < -0.4 is 9.64 Å². The summed E-state index contributed by atoms with van der Waals surface area (Å²) in [5, 5.41) is 0.910. The van der Waals surface area contributed by atoms with E-state index in [9.17, 15) is 0 Å². The second kappa shape index (κ2) is 6.74. The van der Waals surface area contributed by atoms with Gasteiger partial charge in [0.2, 0.25) is 0 Å². The minimum Gasteiger partial charge on any atom is -0.490 e. The van der Waals surface area contributed by atoms with Crippen LogP contribution in [-0.2, 0) is 0 Å². The number of hydrogen-bond acceptors (Lipinski definition) is 3. The van der Waals surface area contributed by atoms with Gasteiger partial charge in [-0.05, 0) is 25.5 Å². The molecule has 0 saturated carbocycles. The average molecular weight is 287 g/mol. The highest BCUT2D eigenvalue weighted by molar-refractivity contribution is 9.09. The van der Waals surface area contributed by atoms with Crippen LogP contribution in [0.5, 0.6) is 5.75 Å².